The van der Waals surface area contributed by atoms with Crippen LogP contribution in [0.5, 0.6) is 5.75 Å². The molecule has 0 aliphatic carbocycles. The number of ketones is 1. The Morgan fingerprint density at radius 1 is 1.50 bits per heavy atom. The van der Waals surface area contributed by atoms with Crippen molar-refractivity contribution in [2.24, 2.45) is 0 Å². The first-order valence-corrected chi connectivity index (χ1v) is 4.99. The second kappa shape index (κ2) is 5.23. The number of benzene rings is 1. The van der Waals surface area contributed by atoms with E-state index in [4.69, 9.17) is 27.9 Å². The summed E-state index contributed by atoms with van der Waals surface area (Å²) in [6.07, 6.45) is 0.250. The molecule has 0 unspecified atom stereocenters. The molecular weight excluding hydrogens is 223 g/mol. The van der Waals surface area contributed by atoms with Gasteiger partial charge in [0.2, 0.25) is 0 Å². The minimum absolute atomic E-state index is 0.00748. The number of methoxy groups -OCH3 is 1. The molecule has 0 aromatic heterocycles. The summed E-state index contributed by atoms with van der Waals surface area (Å²) >= 11 is 11.4. The summed E-state index contributed by atoms with van der Waals surface area (Å²) in [7, 11) is 1.54. The summed E-state index contributed by atoms with van der Waals surface area (Å²) in [5.74, 6) is 0.529. The number of carbonyl (C=O) groups is 1. The van der Waals surface area contributed by atoms with Gasteiger partial charge in [-0.25, -0.2) is 0 Å². The monoisotopic (exact) mass is 232 g/mol. The standard InChI is InChI=1S/C10H10Cl2O2/c1-14-9-4-2-3-7(10(9)12)5-8(13)6-11/h2-4H,5-6H2,1H3. The zero-order valence-corrected chi connectivity index (χ0v) is 9.23. The van der Waals surface area contributed by atoms with Crippen LogP contribution in [-0.4, -0.2) is 18.8 Å². The first kappa shape index (κ1) is 11.3. The van der Waals surface area contributed by atoms with Crippen LogP contribution in [0.15, 0.2) is 18.2 Å². The third-order valence-corrected chi connectivity index (χ3v) is 2.53. The van der Waals surface area contributed by atoms with Crippen molar-refractivity contribution in [1.82, 2.24) is 0 Å². The number of hydrogen-bond acceptors (Lipinski definition) is 2. The van der Waals surface area contributed by atoms with Crippen LogP contribution in [0.4, 0.5) is 0 Å². The smallest absolute Gasteiger partial charge is 0.152 e. The highest BCUT2D eigenvalue weighted by molar-refractivity contribution is 6.33. The lowest BCUT2D eigenvalue weighted by Gasteiger charge is -2.06. The van der Waals surface area contributed by atoms with Gasteiger partial charge in [-0.1, -0.05) is 23.7 Å². The Kier molecular flexibility index (Phi) is 4.23. The van der Waals surface area contributed by atoms with Crippen molar-refractivity contribution in [2.75, 3.05) is 13.0 Å². The number of halogens is 2. The normalized spacial score (nSPS) is 9.93. The molecule has 0 heterocycles. The van der Waals surface area contributed by atoms with Gasteiger partial charge in [-0.3, -0.25) is 4.79 Å². The molecule has 4 heteroatoms. The Morgan fingerprint density at radius 2 is 2.21 bits per heavy atom. The number of Topliss-reactive ketones (excluding diaryl/α,β-unsaturated/α-hetero) is 1. The van der Waals surface area contributed by atoms with E-state index in [1.165, 1.54) is 7.11 Å². The van der Waals surface area contributed by atoms with E-state index in [2.05, 4.69) is 0 Å². The average Bonchev–Trinajstić information content (AvgIpc) is 2.21. The Morgan fingerprint density at radius 3 is 2.79 bits per heavy atom. The minimum atomic E-state index is -0.0539. The Labute approximate surface area is 92.8 Å². The lowest BCUT2D eigenvalue weighted by molar-refractivity contribution is -0.116. The van der Waals surface area contributed by atoms with Gasteiger partial charge in [-0.15, -0.1) is 11.6 Å². The molecule has 0 spiro atoms. The van der Waals surface area contributed by atoms with Crippen molar-refractivity contribution in [3.8, 4) is 5.75 Å². The molecule has 0 radical (unpaired) electrons. The van der Waals surface area contributed by atoms with Gasteiger partial charge in [0, 0.05) is 6.42 Å². The van der Waals surface area contributed by atoms with Crippen LogP contribution >= 0.6 is 23.2 Å². The largest absolute Gasteiger partial charge is 0.495 e. The van der Waals surface area contributed by atoms with E-state index in [0.29, 0.717) is 10.8 Å². The SMILES string of the molecule is COc1cccc(CC(=O)CCl)c1Cl. The predicted molar refractivity (Wildman–Crippen MR) is 57.4 cm³/mol. The van der Waals surface area contributed by atoms with Crippen molar-refractivity contribution in [3.63, 3.8) is 0 Å². The maximum atomic E-state index is 11.1. The molecular formula is C10H10Cl2O2. The zero-order chi connectivity index (χ0) is 10.6. The topological polar surface area (TPSA) is 26.3 Å². The van der Waals surface area contributed by atoms with E-state index < -0.39 is 0 Å². The molecule has 0 bridgehead atoms. The molecule has 0 fully saturated rings. The van der Waals surface area contributed by atoms with E-state index in [1.54, 1.807) is 18.2 Å². The Hall–Kier alpha value is -0.730. The highest BCUT2D eigenvalue weighted by Crippen LogP contribution is 2.28. The van der Waals surface area contributed by atoms with Gasteiger partial charge in [-0.05, 0) is 11.6 Å². The summed E-state index contributed by atoms with van der Waals surface area (Å²) in [6.45, 7) is 0. The molecule has 76 valence electrons. The third-order valence-electron chi connectivity index (χ3n) is 1.80. The Bertz CT molecular complexity index is 337. The van der Waals surface area contributed by atoms with Gasteiger partial charge < -0.3 is 4.74 Å². The molecule has 1 aromatic rings. The predicted octanol–water partition coefficient (Wildman–Crippen LogP) is 2.70. The lowest BCUT2D eigenvalue weighted by atomic mass is 10.1. The fraction of sp³-hybridized carbons (Fsp3) is 0.300. The molecule has 0 saturated heterocycles. The van der Waals surface area contributed by atoms with Crippen LogP contribution in [0.1, 0.15) is 5.56 Å². The fourth-order valence-corrected chi connectivity index (χ4v) is 1.47. The average molecular weight is 233 g/mol. The van der Waals surface area contributed by atoms with Gasteiger partial charge in [0.05, 0.1) is 18.0 Å². The van der Waals surface area contributed by atoms with E-state index in [9.17, 15) is 4.79 Å². The quantitative estimate of drug-likeness (QED) is 0.747. The van der Waals surface area contributed by atoms with Gasteiger partial charge in [-0.2, -0.15) is 0 Å². The van der Waals surface area contributed by atoms with Gasteiger partial charge in [0.15, 0.2) is 5.78 Å². The second-order valence-corrected chi connectivity index (χ2v) is 3.43. The van der Waals surface area contributed by atoms with E-state index in [0.717, 1.165) is 5.56 Å². The minimum Gasteiger partial charge on any atom is -0.495 e. The lowest BCUT2D eigenvalue weighted by Crippen LogP contribution is -2.04. The summed E-state index contributed by atoms with van der Waals surface area (Å²) < 4.78 is 5.02. The third kappa shape index (κ3) is 2.63. The summed E-state index contributed by atoms with van der Waals surface area (Å²) in [6, 6.07) is 5.33. The van der Waals surface area contributed by atoms with Gasteiger partial charge in [0.1, 0.15) is 5.75 Å². The number of hydrogen-bond donors (Lipinski definition) is 0. The van der Waals surface area contributed by atoms with Crippen molar-refractivity contribution < 1.29 is 9.53 Å². The first-order chi connectivity index (χ1) is 6.69. The summed E-state index contributed by atoms with van der Waals surface area (Å²) in [5.41, 5.74) is 0.747. The molecule has 0 aliphatic heterocycles. The van der Waals surface area contributed by atoms with E-state index in [-0.39, 0.29) is 18.1 Å². The van der Waals surface area contributed by atoms with E-state index in [1.807, 2.05) is 0 Å². The first-order valence-electron chi connectivity index (χ1n) is 4.08. The fourth-order valence-electron chi connectivity index (χ4n) is 1.11. The zero-order valence-electron chi connectivity index (χ0n) is 7.72. The summed E-state index contributed by atoms with van der Waals surface area (Å²) in [4.78, 5) is 11.1. The number of alkyl halides is 1. The number of rotatable bonds is 4. The molecule has 1 aromatic carbocycles. The van der Waals surface area contributed by atoms with E-state index >= 15 is 0 Å². The molecule has 14 heavy (non-hydrogen) atoms. The maximum Gasteiger partial charge on any atom is 0.152 e. The molecule has 1 rings (SSSR count). The second-order valence-electron chi connectivity index (χ2n) is 2.78. The molecule has 0 amide bonds. The number of carbonyl (C=O) groups excluding carboxylic acids is 1. The summed E-state index contributed by atoms with van der Waals surface area (Å²) in [5, 5.41) is 0.480. The molecule has 0 N–H and O–H groups in total. The van der Waals surface area contributed by atoms with Gasteiger partial charge >= 0.3 is 0 Å². The highest BCUT2D eigenvalue weighted by Gasteiger charge is 2.09. The highest BCUT2D eigenvalue weighted by atomic mass is 35.5. The van der Waals surface area contributed by atoms with Crippen LogP contribution in [0.25, 0.3) is 0 Å². The van der Waals surface area contributed by atoms with Crippen molar-refractivity contribution >= 4 is 29.0 Å². The maximum absolute atomic E-state index is 11.1. The van der Waals surface area contributed by atoms with Crippen LogP contribution in [-0.2, 0) is 11.2 Å². The van der Waals surface area contributed by atoms with Crippen LogP contribution in [0.3, 0.4) is 0 Å². The van der Waals surface area contributed by atoms with Crippen molar-refractivity contribution in [2.45, 2.75) is 6.42 Å². The number of ether oxygens (including phenoxy) is 1. The van der Waals surface area contributed by atoms with Gasteiger partial charge in [0.25, 0.3) is 0 Å². The molecule has 0 saturated carbocycles. The van der Waals surface area contributed by atoms with Crippen molar-refractivity contribution in [1.29, 1.82) is 0 Å². The molecule has 0 atom stereocenters. The van der Waals surface area contributed by atoms with Crippen LogP contribution < -0.4 is 4.74 Å². The van der Waals surface area contributed by atoms with Crippen LogP contribution in [0, 0.1) is 0 Å². The Balaban J connectivity index is 2.92. The van der Waals surface area contributed by atoms with Crippen LogP contribution in [0.2, 0.25) is 5.02 Å². The molecule has 2 nitrogen and oxygen atoms in total. The van der Waals surface area contributed by atoms with Crippen molar-refractivity contribution in [3.05, 3.63) is 28.8 Å². The molecule has 0 aliphatic rings.